The van der Waals surface area contributed by atoms with E-state index in [2.05, 4.69) is 11.1 Å². The number of nitrogens with zero attached hydrogens (tertiary/aromatic N) is 2. The molecular formula is C15H14N2O3S. The van der Waals surface area contributed by atoms with Gasteiger partial charge in [0.25, 0.3) is 10.1 Å². The van der Waals surface area contributed by atoms with Gasteiger partial charge in [0, 0.05) is 6.20 Å². The van der Waals surface area contributed by atoms with E-state index >= 15 is 0 Å². The first-order valence-electron chi connectivity index (χ1n) is 6.21. The minimum absolute atomic E-state index is 0.316. The third-order valence-electron chi connectivity index (χ3n) is 3.05. The average Bonchev–Trinajstić information content (AvgIpc) is 2.49. The minimum Gasteiger partial charge on any atom is -0.268 e. The average molecular weight is 302 g/mol. The van der Waals surface area contributed by atoms with E-state index in [0.29, 0.717) is 11.3 Å². The van der Waals surface area contributed by atoms with Crippen molar-refractivity contribution in [2.75, 3.05) is 12.9 Å². The molecule has 1 unspecified atom stereocenters. The molecule has 2 aromatic rings. The lowest BCUT2D eigenvalue weighted by atomic mass is 9.79. The Morgan fingerprint density at radius 1 is 1.19 bits per heavy atom. The third-order valence-corrected chi connectivity index (χ3v) is 3.60. The molecule has 0 fully saturated rings. The molecule has 0 saturated carbocycles. The first-order valence-corrected chi connectivity index (χ1v) is 8.02. The van der Waals surface area contributed by atoms with Gasteiger partial charge in [-0.05, 0) is 17.7 Å². The van der Waals surface area contributed by atoms with Crippen molar-refractivity contribution in [3.63, 3.8) is 0 Å². The predicted molar refractivity (Wildman–Crippen MR) is 77.9 cm³/mol. The molecule has 2 rings (SSSR count). The molecule has 1 aromatic heterocycles. The van der Waals surface area contributed by atoms with Crippen LogP contribution in [-0.2, 0) is 19.7 Å². The van der Waals surface area contributed by atoms with Crippen molar-refractivity contribution >= 4 is 10.1 Å². The molecule has 5 nitrogen and oxygen atoms in total. The zero-order chi connectivity index (χ0) is 15.3. The smallest absolute Gasteiger partial charge is 0.264 e. The second-order valence-electron chi connectivity index (χ2n) is 4.56. The Balaban J connectivity index is 2.55. The van der Waals surface area contributed by atoms with Gasteiger partial charge in [0.2, 0.25) is 0 Å². The van der Waals surface area contributed by atoms with Crippen LogP contribution in [0.15, 0.2) is 54.7 Å². The first kappa shape index (κ1) is 15.2. The van der Waals surface area contributed by atoms with Crippen LogP contribution in [0.5, 0.6) is 0 Å². The van der Waals surface area contributed by atoms with Crippen LogP contribution in [0.2, 0.25) is 0 Å². The molecular weight excluding hydrogens is 288 g/mol. The highest BCUT2D eigenvalue weighted by Crippen LogP contribution is 2.31. The SMILES string of the molecule is CS(=O)(=O)OCC(C#N)(c1ccccc1)c1ccccn1. The molecule has 21 heavy (non-hydrogen) atoms. The molecule has 6 heteroatoms. The van der Waals surface area contributed by atoms with Crippen LogP contribution in [0.1, 0.15) is 11.3 Å². The number of pyridine rings is 1. The molecule has 0 amide bonds. The molecule has 1 atom stereocenters. The Labute approximate surface area is 124 Å². The fourth-order valence-electron chi connectivity index (χ4n) is 1.99. The van der Waals surface area contributed by atoms with Crippen LogP contribution in [0.4, 0.5) is 0 Å². The van der Waals surface area contributed by atoms with Gasteiger partial charge >= 0.3 is 0 Å². The van der Waals surface area contributed by atoms with Gasteiger partial charge in [-0.1, -0.05) is 36.4 Å². The molecule has 0 aliphatic carbocycles. The Hall–Kier alpha value is -2.23. The second-order valence-corrected chi connectivity index (χ2v) is 6.21. The summed E-state index contributed by atoms with van der Waals surface area (Å²) in [5.41, 5.74) is -0.191. The van der Waals surface area contributed by atoms with Crippen molar-refractivity contribution < 1.29 is 12.6 Å². The topological polar surface area (TPSA) is 80.0 Å². The number of rotatable bonds is 5. The maximum Gasteiger partial charge on any atom is 0.264 e. The lowest BCUT2D eigenvalue weighted by Crippen LogP contribution is -2.33. The molecule has 0 saturated heterocycles. The molecule has 0 radical (unpaired) electrons. The number of nitriles is 1. The minimum atomic E-state index is -3.66. The predicted octanol–water partition coefficient (Wildman–Crippen LogP) is 1.87. The Morgan fingerprint density at radius 3 is 2.38 bits per heavy atom. The van der Waals surface area contributed by atoms with Crippen molar-refractivity contribution in [1.82, 2.24) is 4.98 Å². The van der Waals surface area contributed by atoms with Crippen LogP contribution in [0, 0.1) is 11.3 Å². The van der Waals surface area contributed by atoms with Crippen LogP contribution >= 0.6 is 0 Å². The van der Waals surface area contributed by atoms with Crippen LogP contribution in [-0.4, -0.2) is 26.3 Å². The molecule has 0 bridgehead atoms. The summed E-state index contributed by atoms with van der Waals surface area (Å²) in [5.74, 6) is 0. The highest BCUT2D eigenvalue weighted by molar-refractivity contribution is 7.85. The Kier molecular flexibility index (Phi) is 4.36. The fraction of sp³-hybridized carbons (Fsp3) is 0.200. The van der Waals surface area contributed by atoms with E-state index in [1.165, 1.54) is 0 Å². The van der Waals surface area contributed by atoms with Crippen molar-refractivity contribution in [3.05, 3.63) is 66.0 Å². The Morgan fingerprint density at radius 2 is 1.86 bits per heavy atom. The lowest BCUT2D eigenvalue weighted by Gasteiger charge is -2.25. The van der Waals surface area contributed by atoms with E-state index in [0.717, 1.165) is 6.26 Å². The number of hydrogen-bond acceptors (Lipinski definition) is 5. The fourth-order valence-corrected chi connectivity index (χ4v) is 2.38. The summed E-state index contributed by atoms with van der Waals surface area (Å²) in [7, 11) is -3.66. The zero-order valence-corrected chi connectivity index (χ0v) is 12.2. The molecule has 0 N–H and O–H groups in total. The van der Waals surface area contributed by atoms with E-state index in [-0.39, 0.29) is 6.61 Å². The normalized spacial score (nSPS) is 14.1. The molecule has 0 aliphatic rings. The van der Waals surface area contributed by atoms with Crippen molar-refractivity contribution in [3.8, 4) is 6.07 Å². The first-order chi connectivity index (χ1) is 9.98. The van der Waals surface area contributed by atoms with E-state index in [9.17, 15) is 13.7 Å². The molecule has 1 aromatic carbocycles. The Bertz CT molecular complexity index is 698. The van der Waals surface area contributed by atoms with Crippen LogP contribution in [0.25, 0.3) is 0 Å². The molecule has 0 aliphatic heterocycles. The summed E-state index contributed by atoms with van der Waals surface area (Å²) in [5, 5.41) is 9.72. The van der Waals surface area contributed by atoms with Gasteiger partial charge in [-0.3, -0.25) is 9.17 Å². The molecule has 1 heterocycles. The van der Waals surface area contributed by atoms with E-state index in [4.69, 9.17) is 4.18 Å². The van der Waals surface area contributed by atoms with Crippen molar-refractivity contribution in [2.24, 2.45) is 0 Å². The highest BCUT2D eigenvalue weighted by atomic mass is 32.2. The van der Waals surface area contributed by atoms with E-state index < -0.39 is 15.5 Å². The number of aromatic nitrogens is 1. The number of benzene rings is 1. The van der Waals surface area contributed by atoms with Gasteiger partial charge in [-0.25, -0.2) is 0 Å². The van der Waals surface area contributed by atoms with Gasteiger partial charge in [-0.2, -0.15) is 13.7 Å². The van der Waals surface area contributed by atoms with Gasteiger partial charge in [0.1, 0.15) is 5.41 Å². The summed E-state index contributed by atoms with van der Waals surface area (Å²) in [6, 6.07) is 16.2. The lowest BCUT2D eigenvalue weighted by molar-refractivity contribution is 0.278. The maximum absolute atomic E-state index is 11.3. The second kappa shape index (κ2) is 6.04. The van der Waals surface area contributed by atoms with Gasteiger partial charge < -0.3 is 0 Å². The van der Waals surface area contributed by atoms with Crippen molar-refractivity contribution in [1.29, 1.82) is 5.26 Å². The quantitative estimate of drug-likeness (QED) is 0.788. The third kappa shape index (κ3) is 3.45. The number of hydrogen-bond donors (Lipinski definition) is 0. The summed E-state index contributed by atoms with van der Waals surface area (Å²) in [6.07, 6.45) is 2.52. The largest absolute Gasteiger partial charge is 0.268 e. The summed E-state index contributed by atoms with van der Waals surface area (Å²) >= 11 is 0. The maximum atomic E-state index is 11.3. The molecule has 108 valence electrons. The van der Waals surface area contributed by atoms with Crippen LogP contribution < -0.4 is 0 Å². The summed E-state index contributed by atoms with van der Waals surface area (Å²) < 4.78 is 27.5. The summed E-state index contributed by atoms with van der Waals surface area (Å²) in [4.78, 5) is 4.20. The van der Waals surface area contributed by atoms with Gasteiger partial charge in [0.05, 0.1) is 24.6 Å². The van der Waals surface area contributed by atoms with E-state index in [1.54, 1.807) is 48.7 Å². The van der Waals surface area contributed by atoms with Gasteiger partial charge in [0.15, 0.2) is 0 Å². The molecule has 0 spiro atoms. The summed E-state index contributed by atoms with van der Waals surface area (Å²) in [6.45, 7) is -0.316. The van der Waals surface area contributed by atoms with Gasteiger partial charge in [-0.15, -0.1) is 0 Å². The monoisotopic (exact) mass is 302 g/mol. The zero-order valence-electron chi connectivity index (χ0n) is 11.4. The van der Waals surface area contributed by atoms with Crippen LogP contribution in [0.3, 0.4) is 0 Å². The highest BCUT2D eigenvalue weighted by Gasteiger charge is 2.37. The van der Waals surface area contributed by atoms with E-state index in [1.807, 2.05) is 6.07 Å². The van der Waals surface area contributed by atoms with Crippen molar-refractivity contribution in [2.45, 2.75) is 5.41 Å². The standard InChI is InChI=1S/C15H14N2O3S/c1-21(18,19)20-12-15(11-16,13-7-3-2-4-8-13)14-9-5-6-10-17-14/h2-10H,12H2,1H3.